The lowest BCUT2D eigenvalue weighted by Crippen LogP contribution is -2.33. The smallest absolute Gasteiger partial charge is 0.320 e. The van der Waals surface area contributed by atoms with Crippen LogP contribution in [0.1, 0.15) is 26.5 Å². The van der Waals surface area contributed by atoms with Crippen molar-refractivity contribution in [3.63, 3.8) is 0 Å². The zero-order valence-corrected chi connectivity index (χ0v) is 11.5. The molecule has 1 aromatic heterocycles. The zero-order chi connectivity index (χ0) is 13.7. The number of nitrogens with one attached hydrogen (secondary N) is 1. The summed E-state index contributed by atoms with van der Waals surface area (Å²) in [5.41, 5.74) is 0.739. The minimum absolute atomic E-state index is 0.0507. The Bertz CT molecular complexity index is 433. The van der Waals surface area contributed by atoms with Crippen LogP contribution >= 0.6 is 11.3 Å². The molecule has 0 radical (unpaired) electrons. The lowest BCUT2D eigenvalue weighted by atomic mass is 10.3. The van der Waals surface area contributed by atoms with Crippen LogP contribution in [-0.4, -0.2) is 34.6 Å². The molecule has 18 heavy (non-hydrogen) atoms. The van der Waals surface area contributed by atoms with E-state index >= 15 is 0 Å². The minimum atomic E-state index is -0.899. The van der Waals surface area contributed by atoms with Crippen LogP contribution in [0.25, 0.3) is 0 Å². The Kier molecular flexibility index (Phi) is 5.24. The Hall–Kier alpha value is -1.47. The van der Waals surface area contributed by atoms with Crippen molar-refractivity contribution >= 4 is 28.3 Å². The van der Waals surface area contributed by atoms with E-state index < -0.39 is 12.0 Å². The first-order valence-corrected chi connectivity index (χ1v) is 6.52. The molecule has 6 nitrogen and oxygen atoms in total. The molecule has 2 N–H and O–H groups in total. The van der Waals surface area contributed by atoms with Gasteiger partial charge in [0.05, 0.1) is 5.69 Å². The van der Waals surface area contributed by atoms with Gasteiger partial charge in [0.25, 0.3) is 0 Å². The summed E-state index contributed by atoms with van der Waals surface area (Å²) in [6.45, 7) is 5.90. The van der Waals surface area contributed by atoms with E-state index in [0.717, 1.165) is 5.69 Å². The van der Waals surface area contributed by atoms with Gasteiger partial charge in [-0.05, 0) is 13.8 Å². The Labute approximate surface area is 110 Å². The van der Waals surface area contributed by atoms with Crippen LogP contribution in [0, 0.1) is 0 Å². The molecule has 0 aliphatic heterocycles. The van der Waals surface area contributed by atoms with Gasteiger partial charge in [0, 0.05) is 25.4 Å². The second-order valence-corrected chi connectivity index (χ2v) is 4.66. The molecule has 0 bridgehead atoms. The molecular weight excluding hydrogens is 254 g/mol. The van der Waals surface area contributed by atoms with Crippen molar-refractivity contribution in [3.05, 3.63) is 11.1 Å². The van der Waals surface area contributed by atoms with Gasteiger partial charge in [-0.25, -0.2) is 4.98 Å². The normalized spacial score (nSPS) is 12.2. The quantitative estimate of drug-likeness (QED) is 0.809. The maximum atomic E-state index is 11.3. The molecule has 0 saturated heterocycles. The number of carboxylic acid groups (broad SMARTS) is 1. The number of amides is 1. The second-order valence-electron chi connectivity index (χ2n) is 3.83. The molecule has 1 amide bonds. The monoisotopic (exact) mass is 271 g/mol. The van der Waals surface area contributed by atoms with Gasteiger partial charge in [0.2, 0.25) is 5.91 Å². The highest BCUT2D eigenvalue weighted by molar-refractivity contribution is 7.14. The van der Waals surface area contributed by atoms with Gasteiger partial charge < -0.3 is 5.11 Å². The number of aromatic nitrogens is 1. The number of hydrogen-bond donors (Lipinski definition) is 2. The highest BCUT2D eigenvalue weighted by Crippen LogP contribution is 2.20. The van der Waals surface area contributed by atoms with Crippen LogP contribution < -0.4 is 10.2 Å². The number of thiazole rings is 1. The third kappa shape index (κ3) is 3.78. The van der Waals surface area contributed by atoms with Crippen molar-refractivity contribution in [2.75, 3.05) is 11.4 Å². The number of anilines is 1. The van der Waals surface area contributed by atoms with Gasteiger partial charge in [0.1, 0.15) is 6.04 Å². The summed E-state index contributed by atoms with van der Waals surface area (Å²) in [6.07, 6.45) is 0. The summed E-state index contributed by atoms with van der Waals surface area (Å²) < 4.78 is 0. The molecule has 0 spiro atoms. The molecule has 0 aliphatic carbocycles. The summed E-state index contributed by atoms with van der Waals surface area (Å²) in [5.74, 6) is -0.949. The number of aliphatic carboxylic acids is 1. The maximum Gasteiger partial charge on any atom is 0.320 e. The van der Waals surface area contributed by atoms with Crippen LogP contribution in [-0.2, 0) is 16.1 Å². The van der Waals surface area contributed by atoms with E-state index in [-0.39, 0.29) is 5.91 Å². The van der Waals surface area contributed by atoms with Crippen molar-refractivity contribution in [2.24, 2.45) is 0 Å². The van der Waals surface area contributed by atoms with E-state index in [1.54, 1.807) is 11.8 Å². The Balaban J connectivity index is 2.63. The van der Waals surface area contributed by atoms with E-state index in [4.69, 9.17) is 5.11 Å². The van der Waals surface area contributed by atoms with Gasteiger partial charge in [-0.1, -0.05) is 0 Å². The largest absolute Gasteiger partial charge is 0.480 e. The predicted molar refractivity (Wildman–Crippen MR) is 69.8 cm³/mol. The van der Waals surface area contributed by atoms with Gasteiger partial charge in [-0.15, -0.1) is 11.3 Å². The number of nitrogens with zero attached hydrogens (tertiary/aromatic N) is 2. The number of carbonyl (C=O) groups excluding carboxylic acids is 1. The molecule has 0 fully saturated rings. The molecule has 100 valence electrons. The molecule has 1 atom stereocenters. The van der Waals surface area contributed by atoms with Crippen LogP contribution in [0.3, 0.4) is 0 Å². The zero-order valence-electron chi connectivity index (χ0n) is 10.6. The maximum absolute atomic E-state index is 11.3. The standard InChI is InChI=1S/C11H17N3O3S/c1-4-14(8(3)15)11-13-9(6-18-11)5-12-7(2)10(16)17/h6-7,12H,4-5H2,1-3H3,(H,16,17)/t7-/m0/s1. The Morgan fingerprint density at radius 2 is 2.28 bits per heavy atom. The van der Waals surface area contributed by atoms with Crippen molar-refractivity contribution in [1.82, 2.24) is 10.3 Å². The molecular formula is C11H17N3O3S. The lowest BCUT2D eigenvalue weighted by molar-refractivity contribution is -0.139. The van der Waals surface area contributed by atoms with E-state index in [1.807, 2.05) is 12.3 Å². The third-order valence-corrected chi connectivity index (χ3v) is 3.34. The fourth-order valence-electron chi connectivity index (χ4n) is 1.34. The topological polar surface area (TPSA) is 82.5 Å². The molecule has 0 aromatic carbocycles. The molecule has 1 aromatic rings. The SMILES string of the molecule is CCN(C(C)=O)c1nc(CN[C@@H](C)C(=O)O)cs1. The first-order valence-electron chi connectivity index (χ1n) is 5.64. The number of rotatable bonds is 6. The van der Waals surface area contributed by atoms with E-state index in [2.05, 4.69) is 10.3 Å². The van der Waals surface area contributed by atoms with Gasteiger partial charge in [0.15, 0.2) is 5.13 Å². The van der Waals surface area contributed by atoms with Crippen LogP contribution in [0.5, 0.6) is 0 Å². The fourth-order valence-corrected chi connectivity index (χ4v) is 2.27. The fraction of sp³-hybridized carbons (Fsp3) is 0.545. The van der Waals surface area contributed by atoms with Crippen LogP contribution in [0.4, 0.5) is 5.13 Å². The lowest BCUT2D eigenvalue weighted by Gasteiger charge is -2.14. The average molecular weight is 271 g/mol. The van der Waals surface area contributed by atoms with Crippen molar-refractivity contribution in [1.29, 1.82) is 0 Å². The molecule has 0 aliphatic rings. The van der Waals surface area contributed by atoms with Gasteiger partial charge >= 0.3 is 5.97 Å². The van der Waals surface area contributed by atoms with E-state index in [1.165, 1.54) is 18.3 Å². The minimum Gasteiger partial charge on any atom is -0.480 e. The van der Waals surface area contributed by atoms with E-state index in [9.17, 15) is 9.59 Å². The summed E-state index contributed by atoms with van der Waals surface area (Å²) >= 11 is 1.38. The number of carboxylic acids is 1. The molecule has 1 rings (SSSR count). The summed E-state index contributed by atoms with van der Waals surface area (Å²) in [4.78, 5) is 27.9. The first kappa shape index (κ1) is 14.6. The predicted octanol–water partition coefficient (Wildman–Crippen LogP) is 1.08. The van der Waals surface area contributed by atoms with Crippen LogP contribution in [0.15, 0.2) is 5.38 Å². The van der Waals surface area contributed by atoms with E-state index in [0.29, 0.717) is 18.2 Å². The average Bonchev–Trinajstić information content (AvgIpc) is 2.74. The summed E-state index contributed by atoms with van der Waals surface area (Å²) in [5, 5.41) is 14.0. The Morgan fingerprint density at radius 3 is 2.78 bits per heavy atom. The highest BCUT2D eigenvalue weighted by atomic mass is 32.1. The second kappa shape index (κ2) is 6.46. The summed E-state index contributed by atoms with van der Waals surface area (Å²) in [7, 11) is 0. The summed E-state index contributed by atoms with van der Waals surface area (Å²) in [6, 6.07) is -0.620. The van der Waals surface area contributed by atoms with Crippen molar-refractivity contribution < 1.29 is 14.7 Å². The molecule has 1 heterocycles. The first-order chi connectivity index (χ1) is 8.45. The number of hydrogen-bond acceptors (Lipinski definition) is 5. The van der Waals surface area contributed by atoms with Crippen molar-refractivity contribution in [3.8, 4) is 0 Å². The third-order valence-electron chi connectivity index (χ3n) is 2.43. The van der Waals surface area contributed by atoms with Gasteiger partial charge in [-0.2, -0.15) is 0 Å². The van der Waals surface area contributed by atoms with Crippen molar-refractivity contribution in [2.45, 2.75) is 33.4 Å². The Morgan fingerprint density at radius 1 is 1.61 bits per heavy atom. The number of carbonyl (C=O) groups is 2. The molecule has 0 saturated carbocycles. The molecule has 7 heteroatoms. The van der Waals surface area contributed by atoms with Crippen LogP contribution in [0.2, 0.25) is 0 Å². The molecule has 0 unspecified atom stereocenters. The highest BCUT2D eigenvalue weighted by Gasteiger charge is 2.14. The van der Waals surface area contributed by atoms with Gasteiger partial charge in [-0.3, -0.25) is 19.8 Å².